The molecule has 1 N–H and O–H groups in total. The molecule has 0 spiro atoms. The minimum absolute atomic E-state index is 0.00101. The molecule has 0 saturated carbocycles. The fourth-order valence-corrected chi connectivity index (χ4v) is 3.45. The van der Waals surface area contributed by atoms with E-state index in [2.05, 4.69) is 22.1 Å². The van der Waals surface area contributed by atoms with E-state index in [1.54, 1.807) is 6.20 Å². The van der Waals surface area contributed by atoms with Crippen molar-refractivity contribution in [2.75, 3.05) is 31.6 Å². The highest BCUT2D eigenvalue weighted by Crippen LogP contribution is 2.18. The molecule has 28 heavy (non-hydrogen) atoms. The van der Waals surface area contributed by atoms with E-state index in [4.69, 9.17) is 4.74 Å². The van der Waals surface area contributed by atoms with E-state index in [9.17, 15) is 4.79 Å². The monoisotopic (exact) mass is 384 g/mol. The van der Waals surface area contributed by atoms with Crippen LogP contribution in [-0.4, -0.2) is 46.6 Å². The second-order valence-corrected chi connectivity index (χ2v) is 7.91. The first-order chi connectivity index (χ1) is 13.5. The summed E-state index contributed by atoms with van der Waals surface area (Å²) < 4.78 is 7.85. The molecule has 3 rings (SSSR count). The minimum atomic E-state index is -0.143. The molecule has 2 aromatic rings. The van der Waals surface area contributed by atoms with Gasteiger partial charge in [0, 0.05) is 31.2 Å². The van der Waals surface area contributed by atoms with E-state index in [0.29, 0.717) is 13.2 Å². The van der Waals surface area contributed by atoms with Crippen LogP contribution in [0.5, 0.6) is 5.75 Å². The maximum atomic E-state index is 12.4. The Morgan fingerprint density at radius 1 is 1.29 bits per heavy atom. The molecule has 1 aliphatic heterocycles. The average molecular weight is 385 g/mol. The lowest BCUT2D eigenvalue weighted by Gasteiger charge is -2.29. The summed E-state index contributed by atoms with van der Waals surface area (Å²) in [7, 11) is 0. The number of hydrogen-bond acceptors (Lipinski definition) is 4. The molecule has 1 amide bonds. The Labute approximate surface area is 167 Å². The largest absolute Gasteiger partial charge is 0.492 e. The van der Waals surface area contributed by atoms with Crippen LogP contribution in [0.4, 0.5) is 5.69 Å². The Hall–Kier alpha value is -2.34. The average Bonchev–Trinajstić information content (AvgIpc) is 3.09. The second-order valence-electron chi connectivity index (χ2n) is 7.91. The van der Waals surface area contributed by atoms with Gasteiger partial charge in [0.15, 0.2) is 0 Å². The van der Waals surface area contributed by atoms with Crippen LogP contribution >= 0.6 is 0 Å². The number of hydrogen-bond donors (Lipinski definition) is 1. The van der Waals surface area contributed by atoms with Crippen LogP contribution in [0.3, 0.4) is 0 Å². The van der Waals surface area contributed by atoms with Crippen molar-refractivity contribution >= 4 is 11.6 Å². The van der Waals surface area contributed by atoms with Crippen LogP contribution in [0.25, 0.3) is 0 Å². The van der Waals surface area contributed by atoms with Crippen molar-refractivity contribution in [3.05, 3.63) is 42.5 Å². The van der Waals surface area contributed by atoms with Gasteiger partial charge >= 0.3 is 0 Å². The van der Waals surface area contributed by atoms with E-state index >= 15 is 0 Å². The second kappa shape index (κ2) is 9.73. The van der Waals surface area contributed by atoms with Crippen molar-refractivity contribution < 1.29 is 9.53 Å². The normalized spacial score (nSPS) is 16.7. The van der Waals surface area contributed by atoms with E-state index in [0.717, 1.165) is 29.7 Å². The smallest absolute Gasteiger partial charge is 0.229 e. The molecular formula is C22H32N4O2. The predicted octanol–water partition coefficient (Wildman–Crippen LogP) is 3.58. The molecule has 1 saturated heterocycles. The van der Waals surface area contributed by atoms with Crippen molar-refractivity contribution in [2.24, 2.45) is 11.8 Å². The summed E-state index contributed by atoms with van der Waals surface area (Å²) in [4.78, 5) is 19.1. The fourth-order valence-electron chi connectivity index (χ4n) is 3.45. The lowest BCUT2D eigenvalue weighted by Crippen LogP contribution is -2.35. The number of aromatic nitrogens is 2. The number of piperidine rings is 1. The third-order valence-corrected chi connectivity index (χ3v) is 5.52. The van der Waals surface area contributed by atoms with Crippen molar-refractivity contribution in [2.45, 2.75) is 40.2 Å². The Morgan fingerprint density at radius 3 is 2.64 bits per heavy atom. The number of ether oxygens (including phenoxy) is 1. The highest BCUT2D eigenvalue weighted by atomic mass is 16.5. The van der Waals surface area contributed by atoms with Crippen LogP contribution in [-0.2, 0) is 11.3 Å². The number of rotatable bonds is 8. The van der Waals surface area contributed by atoms with Crippen molar-refractivity contribution in [1.82, 2.24) is 14.5 Å². The molecule has 1 aromatic heterocycles. The summed E-state index contributed by atoms with van der Waals surface area (Å²) in [6.45, 7) is 10.8. The van der Waals surface area contributed by atoms with Gasteiger partial charge in [0.2, 0.25) is 5.91 Å². The molecule has 1 atom stereocenters. The van der Waals surface area contributed by atoms with E-state index in [-0.39, 0.29) is 11.8 Å². The van der Waals surface area contributed by atoms with Crippen molar-refractivity contribution in [3.63, 3.8) is 0 Å². The maximum Gasteiger partial charge on any atom is 0.229 e. The van der Waals surface area contributed by atoms with Gasteiger partial charge in [-0.25, -0.2) is 4.98 Å². The molecule has 6 nitrogen and oxygen atoms in total. The molecule has 0 unspecified atom stereocenters. The molecule has 152 valence electrons. The van der Waals surface area contributed by atoms with Crippen LogP contribution in [0.2, 0.25) is 0 Å². The van der Waals surface area contributed by atoms with Crippen LogP contribution in [0, 0.1) is 18.8 Å². The Morgan fingerprint density at radius 2 is 2.00 bits per heavy atom. The van der Waals surface area contributed by atoms with Crippen molar-refractivity contribution in [3.8, 4) is 5.75 Å². The Balaban J connectivity index is 1.41. The van der Waals surface area contributed by atoms with Crippen molar-refractivity contribution in [1.29, 1.82) is 0 Å². The lowest BCUT2D eigenvalue weighted by atomic mass is 9.99. The molecule has 1 fully saturated rings. The summed E-state index contributed by atoms with van der Waals surface area (Å²) in [5.74, 6) is 2.47. The molecule has 2 heterocycles. The van der Waals surface area contributed by atoms with E-state index in [1.807, 2.05) is 48.9 Å². The summed E-state index contributed by atoms with van der Waals surface area (Å²) in [6.07, 6.45) is 6.22. The van der Waals surface area contributed by atoms with Gasteiger partial charge in [-0.2, -0.15) is 0 Å². The SMILES string of the molecule is Cc1nccn1C[C@@H](C)C(=O)Nc1ccc(OCCN2CCC(C)CC2)cc1. The first-order valence-corrected chi connectivity index (χ1v) is 10.2. The maximum absolute atomic E-state index is 12.4. The van der Waals surface area contributed by atoms with Crippen LogP contribution < -0.4 is 10.1 Å². The standard InChI is InChI=1S/C22H32N4O2/c1-17-8-11-25(12-9-17)14-15-28-21-6-4-20(5-7-21)24-22(27)18(2)16-26-13-10-23-19(26)3/h4-7,10,13,17-18H,8-9,11-12,14-16H2,1-3H3,(H,24,27)/t18-/m1/s1. The number of aryl methyl sites for hydroxylation is 1. The molecule has 1 aromatic carbocycles. The number of imidazole rings is 1. The number of carbonyl (C=O) groups excluding carboxylic acids is 1. The summed E-state index contributed by atoms with van der Waals surface area (Å²) in [5.41, 5.74) is 0.788. The van der Waals surface area contributed by atoms with Crippen LogP contribution in [0.1, 0.15) is 32.5 Å². The fraction of sp³-hybridized carbons (Fsp3) is 0.545. The number of nitrogens with one attached hydrogen (secondary N) is 1. The molecule has 1 aliphatic rings. The lowest BCUT2D eigenvalue weighted by molar-refractivity contribution is -0.119. The zero-order valence-corrected chi connectivity index (χ0v) is 17.2. The zero-order chi connectivity index (χ0) is 19.9. The van der Waals surface area contributed by atoms with Gasteiger partial charge in [-0.05, 0) is 63.0 Å². The van der Waals surface area contributed by atoms with Gasteiger partial charge in [0.05, 0.1) is 5.92 Å². The zero-order valence-electron chi connectivity index (χ0n) is 17.2. The topological polar surface area (TPSA) is 59.4 Å². The minimum Gasteiger partial charge on any atom is -0.492 e. The van der Waals surface area contributed by atoms with E-state index in [1.165, 1.54) is 25.9 Å². The van der Waals surface area contributed by atoms with Gasteiger partial charge in [0.1, 0.15) is 18.2 Å². The molecule has 0 radical (unpaired) electrons. The first kappa shape index (κ1) is 20.4. The molecular weight excluding hydrogens is 352 g/mol. The summed E-state index contributed by atoms with van der Waals surface area (Å²) in [6, 6.07) is 7.62. The summed E-state index contributed by atoms with van der Waals surface area (Å²) >= 11 is 0. The summed E-state index contributed by atoms with van der Waals surface area (Å²) in [5, 5.41) is 2.98. The van der Waals surface area contributed by atoms with Gasteiger partial charge in [-0.1, -0.05) is 13.8 Å². The highest BCUT2D eigenvalue weighted by Gasteiger charge is 2.16. The molecule has 0 aliphatic carbocycles. The number of nitrogens with zero attached hydrogens (tertiary/aromatic N) is 3. The predicted molar refractivity (Wildman–Crippen MR) is 112 cm³/mol. The third kappa shape index (κ3) is 5.83. The van der Waals surface area contributed by atoms with Gasteiger partial charge in [-0.15, -0.1) is 0 Å². The first-order valence-electron chi connectivity index (χ1n) is 10.2. The molecule has 6 heteroatoms. The van der Waals surface area contributed by atoms with Crippen LogP contribution in [0.15, 0.2) is 36.7 Å². The van der Waals surface area contributed by atoms with Gasteiger partial charge < -0.3 is 14.6 Å². The molecule has 0 bridgehead atoms. The number of likely N-dealkylation sites (tertiary alicyclic amines) is 1. The number of benzene rings is 1. The third-order valence-electron chi connectivity index (χ3n) is 5.52. The number of amides is 1. The number of anilines is 1. The Bertz CT molecular complexity index is 748. The quantitative estimate of drug-likeness (QED) is 0.756. The van der Waals surface area contributed by atoms with E-state index < -0.39 is 0 Å². The van der Waals surface area contributed by atoms with Gasteiger partial charge in [0.25, 0.3) is 0 Å². The highest BCUT2D eigenvalue weighted by molar-refractivity contribution is 5.92. The Kier molecular flexibility index (Phi) is 7.09. The van der Waals surface area contributed by atoms with Gasteiger partial charge in [-0.3, -0.25) is 9.69 Å². The number of carbonyl (C=O) groups is 1.